The molecular weight excluding hydrogens is 473 g/mol. The number of hydrogen-bond donors (Lipinski definition) is 0. The fourth-order valence-electron chi connectivity index (χ4n) is 4.51. The zero-order chi connectivity index (χ0) is 26.1. The molecule has 0 spiro atoms. The highest BCUT2D eigenvalue weighted by Crippen LogP contribution is 2.42. The number of rotatable bonds is 7. The largest absolute Gasteiger partial charge is 0.416 e. The Morgan fingerprint density at radius 2 is 1.83 bits per heavy atom. The molecule has 36 heavy (non-hydrogen) atoms. The van der Waals surface area contributed by atoms with Crippen LogP contribution in [0.5, 0.6) is 0 Å². The molecule has 1 aliphatic heterocycles. The smallest absolute Gasteiger partial charge is 0.341 e. The number of nitrogens with zero attached hydrogens (tertiary/aromatic N) is 4. The van der Waals surface area contributed by atoms with Gasteiger partial charge in [0.1, 0.15) is 0 Å². The molecule has 0 N–H and O–H groups in total. The SMILES string of the molecule is CCN1C(=O)CC(CC(=O)N(C)Cc2ccc(-n3cccn3)cc2)(c2cccc(C(F)(F)F)c2)C1=O. The van der Waals surface area contributed by atoms with Crippen LogP contribution >= 0.6 is 0 Å². The van der Waals surface area contributed by atoms with E-state index in [2.05, 4.69) is 5.10 Å². The van der Waals surface area contributed by atoms with Crippen molar-refractivity contribution in [1.82, 2.24) is 19.6 Å². The number of likely N-dealkylation sites (N-methyl/N-ethyl adjacent to an activating group) is 1. The van der Waals surface area contributed by atoms with Crippen LogP contribution < -0.4 is 0 Å². The average Bonchev–Trinajstić information content (AvgIpc) is 3.46. The standard InChI is InChI=1S/C26H25F3N4O3/c1-3-32-23(35)16-25(24(32)36,19-6-4-7-20(14-19)26(27,28)29)15-22(34)31(2)17-18-8-10-21(11-9-18)33-13-5-12-30-33/h4-14H,3,15-17H2,1-2H3. The van der Waals surface area contributed by atoms with Crippen LogP contribution in [-0.4, -0.2) is 50.9 Å². The maximum atomic E-state index is 13.4. The minimum absolute atomic E-state index is 0.0111. The number of likely N-dealkylation sites (tertiary alicyclic amines) is 1. The zero-order valence-corrected chi connectivity index (χ0v) is 19.8. The fraction of sp³-hybridized carbons (Fsp3) is 0.308. The molecule has 0 bridgehead atoms. The molecule has 7 nitrogen and oxygen atoms in total. The lowest BCUT2D eigenvalue weighted by molar-refractivity contribution is -0.142. The molecule has 1 saturated heterocycles. The molecule has 0 radical (unpaired) electrons. The van der Waals surface area contributed by atoms with Crippen LogP contribution in [0, 0.1) is 0 Å². The normalized spacial score (nSPS) is 18.1. The number of carbonyl (C=O) groups is 3. The minimum Gasteiger partial charge on any atom is -0.341 e. The Labute approximate surface area is 206 Å². The molecule has 188 valence electrons. The van der Waals surface area contributed by atoms with Crippen molar-refractivity contribution in [3.05, 3.63) is 83.7 Å². The molecule has 0 saturated carbocycles. The highest BCUT2D eigenvalue weighted by atomic mass is 19.4. The number of amides is 3. The van der Waals surface area contributed by atoms with Gasteiger partial charge in [-0.05, 0) is 42.3 Å². The summed E-state index contributed by atoms with van der Waals surface area (Å²) in [4.78, 5) is 41.6. The van der Waals surface area contributed by atoms with Crippen molar-refractivity contribution in [3.63, 3.8) is 0 Å². The maximum absolute atomic E-state index is 13.4. The van der Waals surface area contributed by atoms with Gasteiger partial charge in [-0.1, -0.05) is 30.3 Å². The number of alkyl halides is 3. The second kappa shape index (κ2) is 9.60. The lowest BCUT2D eigenvalue weighted by atomic mass is 9.75. The van der Waals surface area contributed by atoms with E-state index in [1.54, 1.807) is 37.1 Å². The van der Waals surface area contributed by atoms with Crippen molar-refractivity contribution >= 4 is 17.7 Å². The van der Waals surface area contributed by atoms with E-state index in [1.807, 2.05) is 24.3 Å². The average molecular weight is 499 g/mol. The molecule has 0 aliphatic carbocycles. The van der Waals surface area contributed by atoms with Gasteiger partial charge < -0.3 is 4.90 Å². The molecule has 3 amide bonds. The maximum Gasteiger partial charge on any atom is 0.416 e. The molecule has 3 aromatic rings. The Morgan fingerprint density at radius 1 is 1.11 bits per heavy atom. The minimum atomic E-state index is -4.63. The predicted octanol–water partition coefficient (Wildman–Crippen LogP) is 3.96. The van der Waals surface area contributed by atoms with Crippen molar-refractivity contribution < 1.29 is 27.6 Å². The van der Waals surface area contributed by atoms with Crippen LogP contribution in [0.3, 0.4) is 0 Å². The number of benzene rings is 2. The van der Waals surface area contributed by atoms with E-state index in [1.165, 1.54) is 17.0 Å². The van der Waals surface area contributed by atoms with Gasteiger partial charge in [0.05, 0.1) is 16.7 Å². The first-order valence-corrected chi connectivity index (χ1v) is 11.4. The van der Waals surface area contributed by atoms with Crippen LogP contribution in [0.1, 0.15) is 36.5 Å². The van der Waals surface area contributed by atoms with Crippen LogP contribution in [0.15, 0.2) is 67.0 Å². The van der Waals surface area contributed by atoms with Crippen molar-refractivity contribution in [2.45, 2.75) is 37.9 Å². The first-order valence-electron chi connectivity index (χ1n) is 11.4. The molecule has 1 aliphatic rings. The summed E-state index contributed by atoms with van der Waals surface area (Å²) >= 11 is 0. The summed E-state index contributed by atoms with van der Waals surface area (Å²) in [5.41, 5.74) is -0.955. The molecule has 2 aromatic carbocycles. The Morgan fingerprint density at radius 3 is 2.42 bits per heavy atom. The van der Waals surface area contributed by atoms with Crippen molar-refractivity contribution in [2.24, 2.45) is 0 Å². The highest BCUT2D eigenvalue weighted by Gasteiger charge is 2.54. The number of imide groups is 1. The summed E-state index contributed by atoms with van der Waals surface area (Å²) in [6.45, 7) is 1.90. The van der Waals surface area contributed by atoms with Gasteiger partial charge in [0.15, 0.2) is 0 Å². The summed E-state index contributed by atoms with van der Waals surface area (Å²) < 4.78 is 41.9. The second-order valence-corrected chi connectivity index (χ2v) is 8.82. The van der Waals surface area contributed by atoms with E-state index in [9.17, 15) is 27.6 Å². The molecule has 1 fully saturated rings. The van der Waals surface area contributed by atoms with Crippen molar-refractivity contribution in [3.8, 4) is 5.69 Å². The van der Waals surface area contributed by atoms with Crippen LogP contribution in [-0.2, 0) is 32.5 Å². The monoisotopic (exact) mass is 498 g/mol. The van der Waals surface area contributed by atoms with E-state index >= 15 is 0 Å². The lowest BCUT2D eigenvalue weighted by Gasteiger charge is -2.29. The third-order valence-electron chi connectivity index (χ3n) is 6.47. The topological polar surface area (TPSA) is 75.5 Å². The van der Waals surface area contributed by atoms with E-state index < -0.39 is 41.3 Å². The highest BCUT2D eigenvalue weighted by molar-refractivity contribution is 6.10. The number of hydrogen-bond acceptors (Lipinski definition) is 4. The molecule has 1 aromatic heterocycles. The van der Waals surface area contributed by atoms with E-state index in [-0.39, 0.29) is 25.1 Å². The van der Waals surface area contributed by atoms with Crippen molar-refractivity contribution in [1.29, 1.82) is 0 Å². The number of carbonyl (C=O) groups excluding carboxylic acids is 3. The third-order valence-corrected chi connectivity index (χ3v) is 6.47. The second-order valence-electron chi connectivity index (χ2n) is 8.82. The quantitative estimate of drug-likeness (QED) is 0.463. The van der Waals surface area contributed by atoms with Gasteiger partial charge in [-0.2, -0.15) is 18.3 Å². The Balaban J connectivity index is 1.59. The van der Waals surface area contributed by atoms with Gasteiger partial charge in [-0.25, -0.2) is 4.68 Å². The van der Waals surface area contributed by atoms with Crippen LogP contribution in [0.2, 0.25) is 0 Å². The van der Waals surface area contributed by atoms with Crippen molar-refractivity contribution in [2.75, 3.05) is 13.6 Å². The first-order chi connectivity index (χ1) is 17.0. The van der Waals surface area contributed by atoms with Crippen LogP contribution in [0.4, 0.5) is 13.2 Å². The van der Waals surface area contributed by atoms with Gasteiger partial charge in [-0.15, -0.1) is 0 Å². The Hall–Kier alpha value is -3.95. The van der Waals surface area contributed by atoms with Gasteiger partial charge in [-0.3, -0.25) is 19.3 Å². The molecule has 1 atom stereocenters. The lowest BCUT2D eigenvalue weighted by Crippen LogP contribution is -2.42. The Kier molecular flexibility index (Phi) is 6.71. The fourth-order valence-corrected chi connectivity index (χ4v) is 4.51. The number of aromatic nitrogens is 2. The molecule has 10 heteroatoms. The number of halogens is 3. The third kappa shape index (κ3) is 4.75. The molecule has 1 unspecified atom stereocenters. The predicted molar refractivity (Wildman–Crippen MR) is 125 cm³/mol. The zero-order valence-electron chi connectivity index (χ0n) is 19.8. The van der Waals surface area contributed by atoms with E-state index in [4.69, 9.17) is 0 Å². The summed E-state index contributed by atoms with van der Waals surface area (Å²) in [7, 11) is 1.56. The van der Waals surface area contributed by atoms with Gasteiger partial charge >= 0.3 is 6.18 Å². The van der Waals surface area contributed by atoms with E-state index in [0.29, 0.717) is 0 Å². The molecule has 2 heterocycles. The van der Waals surface area contributed by atoms with Gasteiger partial charge in [0.2, 0.25) is 17.7 Å². The Bertz CT molecular complexity index is 1270. The molecular formula is C26H25F3N4O3. The first kappa shape index (κ1) is 25.2. The van der Waals surface area contributed by atoms with E-state index in [0.717, 1.165) is 28.3 Å². The van der Waals surface area contributed by atoms with Gasteiger partial charge in [0, 0.05) is 45.4 Å². The summed E-state index contributed by atoms with van der Waals surface area (Å²) in [6, 6.07) is 13.5. The summed E-state index contributed by atoms with van der Waals surface area (Å²) in [6.07, 6.45) is -1.94. The summed E-state index contributed by atoms with van der Waals surface area (Å²) in [5, 5.41) is 4.17. The van der Waals surface area contributed by atoms with Crippen LogP contribution in [0.25, 0.3) is 5.69 Å². The van der Waals surface area contributed by atoms with Gasteiger partial charge in [0.25, 0.3) is 0 Å². The molecule has 4 rings (SSSR count). The summed E-state index contributed by atoms with van der Waals surface area (Å²) in [5.74, 6) is -1.62.